The largest absolute Gasteiger partial charge is 0.370 e. The summed E-state index contributed by atoms with van der Waals surface area (Å²) in [4.78, 5) is 18.9. The number of benzene rings is 2. The molecule has 170 valence electrons. The van der Waals surface area contributed by atoms with E-state index in [0.717, 1.165) is 11.1 Å². The number of hydrazone groups is 1. The lowest BCUT2D eigenvalue weighted by molar-refractivity contribution is -0.143. The third-order valence-corrected chi connectivity index (χ3v) is 5.92. The average molecular weight is 485 g/mol. The van der Waals surface area contributed by atoms with Crippen LogP contribution >= 0.6 is 23.2 Å². The van der Waals surface area contributed by atoms with E-state index < -0.39 is 0 Å². The molecular weight excluding hydrogens is 463 g/mol. The second-order valence-electron chi connectivity index (χ2n) is 7.55. The first kappa shape index (κ1) is 23.1. The lowest BCUT2D eigenvalue weighted by Gasteiger charge is -2.33. The lowest BCUT2D eigenvalue weighted by atomic mass is 10.0. The highest BCUT2D eigenvalue weighted by molar-refractivity contribution is 6.31. The average Bonchev–Trinajstić information content (AvgIpc) is 3.25. The van der Waals surface area contributed by atoms with Gasteiger partial charge < -0.3 is 9.64 Å². The molecular formula is C23H22Cl2N6O2. The predicted octanol–water partition coefficient (Wildman–Crippen LogP) is 2.91. The molecule has 0 spiro atoms. The Bertz CT molecular complexity index is 1100. The van der Waals surface area contributed by atoms with Crippen molar-refractivity contribution in [1.82, 2.24) is 15.2 Å². The molecule has 0 saturated carbocycles. The fourth-order valence-electron chi connectivity index (χ4n) is 3.78. The van der Waals surface area contributed by atoms with Gasteiger partial charge >= 0.3 is 0 Å². The number of halogens is 2. The Morgan fingerprint density at radius 2 is 1.88 bits per heavy atom. The van der Waals surface area contributed by atoms with Crippen LogP contribution in [0.2, 0.25) is 10.0 Å². The summed E-state index contributed by atoms with van der Waals surface area (Å²) in [5.41, 5.74) is 2.65. The molecule has 2 aliphatic heterocycles. The molecule has 0 bridgehead atoms. The molecule has 4 rings (SSSR count). The van der Waals surface area contributed by atoms with Gasteiger partial charge in [0.1, 0.15) is 6.61 Å². The standard InChI is InChI=1S/C23H22Cl2N6O2/c24-18-5-1-16(2-6-18)9-10-27-23(28-15-26)31-13-20(30-11-12-33-14-21(30)32)22(29-31)17-3-7-19(25)8-4-17/h1-8,20H,9-14H2,(H,27,28). The van der Waals surface area contributed by atoms with E-state index in [-0.39, 0.29) is 18.6 Å². The summed E-state index contributed by atoms with van der Waals surface area (Å²) in [6, 6.07) is 14.6. The van der Waals surface area contributed by atoms with E-state index in [2.05, 4.69) is 10.3 Å². The Morgan fingerprint density at radius 1 is 1.18 bits per heavy atom. The highest BCUT2D eigenvalue weighted by Crippen LogP contribution is 2.22. The number of ether oxygens (including phenoxy) is 1. The van der Waals surface area contributed by atoms with Crippen LogP contribution in [0.5, 0.6) is 0 Å². The quantitative estimate of drug-likeness (QED) is 0.304. The first-order valence-electron chi connectivity index (χ1n) is 10.5. The van der Waals surface area contributed by atoms with Crippen molar-refractivity contribution in [2.45, 2.75) is 12.5 Å². The molecule has 2 aliphatic rings. The van der Waals surface area contributed by atoms with Gasteiger partial charge in [0.05, 0.1) is 24.9 Å². The summed E-state index contributed by atoms with van der Waals surface area (Å²) >= 11 is 12.0. The number of carbonyl (C=O) groups excluding carboxylic acids is 1. The van der Waals surface area contributed by atoms with Gasteiger partial charge in [-0.25, -0.2) is 5.01 Å². The monoisotopic (exact) mass is 484 g/mol. The van der Waals surface area contributed by atoms with Gasteiger partial charge in [-0.05, 0) is 36.2 Å². The molecule has 0 aliphatic carbocycles. The number of nitrogens with one attached hydrogen (secondary N) is 1. The van der Waals surface area contributed by atoms with Crippen molar-refractivity contribution in [2.24, 2.45) is 10.1 Å². The number of morpholine rings is 1. The summed E-state index contributed by atoms with van der Waals surface area (Å²) in [6.07, 6.45) is 2.62. The minimum Gasteiger partial charge on any atom is -0.370 e. The van der Waals surface area contributed by atoms with Crippen molar-refractivity contribution in [2.75, 3.05) is 32.8 Å². The van der Waals surface area contributed by atoms with Crippen LogP contribution in [0, 0.1) is 11.5 Å². The maximum atomic E-state index is 12.6. The number of aliphatic imine (C=N–C) groups is 1. The Kier molecular flexibility index (Phi) is 7.45. The fraction of sp³-hybridized carbons (Fsp3) is 0.304. The molecule has 0 radical (unpaired) electrons. The number of nitriles is 1. The zero-order valence-electron chi connectivity index (χ0n) is 17.7. The Labute approximate surface area is 202 Å². The predicted molar refractivity (Wildman–Crippen MR) is 127 cm³/mol. The third kappa shape index (κ3) is 5.63. The van der Waals surface area contributed by atoms with Crippen molar-refractivity contribution in [3.8, 4) is 6.19 Å². The zero-order chi connectivity index (χ0) is 23.2. The van der Waals surface area contributed by atoms with E-state index in [0.29, 0.717) is 54.4 Å². The van der Waals surface area contributed by atoms with Gasteiger partial charge in [0, 0.05) is 28.7 Å². The summed E-state index contributed by atoms with van der Waals surface area (Å²) < 4.78 is 5.29. The van der Waals surface area contributed by atoms with Crippen molar-refractivity contribution >= 4 is 40.8 Å². The van der Waals surface area contributed by atoms with E-state index >= 15 is 0 Å². The molecule has 0 aromatic heterocycles. The second-order valence-corrected chi connectivity index (χ2v) is 8.42. The number of guanidine groups is 1. The van der Waals surface area contributed by atoms with E-state index in [1.807, 2.05) is 42.6 Å². The van der Waals surface area contributed by atoms with E-state index in [1.54, 1.807) is 22.0 Å². The van der Waals surface area contributed by atoms with E-state index in [4.69, 9.17) is 33.0 Å². The topological polar surface area (TPSA) is 93.3 Å². The molecule has 10 heteroatoms. The second kappa shape index (κ2) is 10.7. The van der Waals surface area contributed by atoms with Gasteiger partial charge in [-0.3, -0.25) is 15.1 Å². The number of amides is 1. The molecule has 8 nitrogen and oxygen atoms in total. The number of nitrogens with zero attached hydrogens (tertiary/aromatic N) is 5. The van der Waals surface area contributed by atoms with Gasteiger partial charge in [0.2, 0.25) is 11.9 Å². The van der Waals surface area contributed by atoms with Crippen LogP contribution in [0.4, 0.5) is 0 Å². The van der Waals surface area contributed by atoms with Crippen molar-refractivity contribution < 1.29 is 9.53 Å². The van der Waals surface area contributed by atoms with Crippen LogP contribution in [0.15, 0.2) is 58.6 Å². The van der Waals surface area contributed by atoms with Crippen LogP contribution in [0.1, 0.15) is 11.1 Å². The minimum absolute atomic E-state index is 0.0445. The summed E-state index contributed by atoms with van der Waals surface area (Å²) in [5, 5.41) is 19.6. The molecule has 2 heterocycles. The maximum absolute atomic E-state index is 12.6. The molecule has 1 amide bonds. The zero-order valence-corrected chi connectivity index (χ0v) is 19.3. The Hall–Kier alpha value is -3.12. The summed E-state index contributed by atoms with van der Waals surface area (Å²) in [5.74, 6) is 0.241. The van der Waals surface area contributed by atoms with Gasteiger partial charge in [0.25, 0.3) is 0 Å². The number of rotatable bonds is 5. The molecule has 1 fully saturated rings. The van der Waals surface area contributed by atoms with E-state index in [1.165, 1.54) is 0 Å². The highest BCUT2D eigenvalue weighted by Gasteiger charge is 2.37. The number of carbonyl (C=O) groups is 1. The Morgan fingerprint density at radius 3 is 2.55 bits per heavy atom. The van der Waals surface area contributed by atoms with Gasteiger partial charge in [-0.1, -0.05) is 47.5 Å². The molecule has 1 saturated heterocycles. The molecule has 1 N–H and O–H groups in total. The van der Waals surface area contributed by atoms with Crippen molar-refractivity contribution in [3.63, 3.8) is 0 Å². The lowest BCUT2D eigenvalue weighted by Crippen LogP contribution is -2.52. The third-order valence-electron chi connectivity index (χ3n) is 5.42. The maximum Gasteiger partial charge on any atom is 0.249 e. The minimum atomic E-state index is -0.301. The normalized spacial score (nSPS) is 18.8. The van der Waals surface area contributed by atoms with Crippen LogP contribution in [0.3, 0.4) is 0 Å². The van der Waals surface area contributed by atoms with E-state index in [9.17, 15) is 10.1 Å². The van der Waals surface area contributed by atoms with Crippen LogP contribution in [-0.4, -0.2) is 66.4 Å². The van der Waals surface area contributed by atoms with Crippen LogP contribution < -0.4 is 5.32 Å². The van der Waals surface area contributed by atoms with Crippen LogP contribution in [0.25, 0.3) is 0 Å². The number of hydrogen-bond donors (Lipinski definition) is 1. The summed E-state index contributed by atoms with van der Waals surface area (Å²) in [7, 11) is 0. The summed E-state index contributed by atoms with van der Waals surface area (Å²) in [6.45, 7) is 1.81. The highest BCUT2D eigenvalue weighted by atomic mass is 35.5. The first-order valence-corrected chi connectivity index (χ1v) is 11.2. The fourth-order valence-corrected chi connectivity index (χ4v) is 4.03. The van der Waals surface area contributed by atoms with Crippen LogP contribution in [-0.2, 0) is 16.0 Å². The number of hydrogen-bond acceptors (Lipinski definition) is 5. The van der Waals surface area contributed by atoms with Gasteiger partial charge in [-0.15, -0.1) is 0 Å². The SMILES string of the molecule is N#CNC(=NCCc1ccc(Cl)cc1)N1CC(N2CCOCC2=O)C(c2ccc(Cl)cc2)=N1. The van der Waals surface area contributed by atoms with Crippen molar-refractivity contribution in [1.29, 1.82) is 5.26 Å². The molecule has 1 unspecified atom stereocenters. The Balaban J connectivity index is 1.58. The molecule has 2 aromatic rings. The molecule has 2 aromatic carbocycles. The first-order chi connectivity index (χ1) is 16.0. The molecule has 1 atom stereocenters. The van der Waals surface area contributed by atoms with Gasteiger partial charge in [0.15, 0.2) is 6.19 Å². The smallest absolute Gasteiger partial charge is 0.249 e. The van der Waals surface area contributed by atoms with Crippen molar-refractivity contribution in [3.05, 3.63) is 69.7 Å². The molecule has 33 heavy (non-hydrogen) atoms. The van der Waals surface area contributed by atoms with Gasteiger partial charge in [-0.2, -0.15) is 10.4 Å².